The van der Waals surface area contributed by atoms with Gasteiger partial charge in [-0.05, 0) is 56.2 Å². The molecule has 0 radical (unpaired) electrons. The molecule has 1 aromatic heterocycles. The molecule has 2 aromatic rings. The van der Waals surface area contributed by atoms with Crippen LogP contribution in [0.2, 0.25) is 0 Å². The summed E-state index contributed by atoms with van der Waals surface area (Å²) in [6.07, 6.45) is 9.74. The Hall–Kier alpha value is -1.52. The quantitative estimate of drug-likeness (QED) is 0.884. The van der Waals surface area contributed by atoms with E-state index in [9.17, 15) is 0 Å². The normalized spacial score (nSPS) is 22.2. The molecule has 3 aliphatic heterocycles. The van der Waals surface area contributed by atoms with Crippen molar-refractivity contribution < 1.29 is 0 Å². The molecule has 26 heavy (non-hydrogen) atoms. The van der Waals surface area contributed by atoms with Crippen molar-refractivity contribution in [2.45, 2.75) is 57.5 Å². The molecular formula is C21H29ClN4. The highest BCUT2D eigenvalue weighted by atomic mass is 35.5. The molecule has 0 saturated carbocycles. The van der Waals surface area contributed by atoms with E-state index in [0.29, 0.717) is 5.92 Å². The molecule has 4 heterocycles. The zero-order chi connectivity index (χ0) is 16.6. The first-order valence-corrected chi connectivity index (χ1v) is 10.00. The van der Waals surface area contributed by atoms with Gasteiger partial charge in [-0.25, -0.2) is 4.98 Å². The van der Waals surface area contributed by atoms with Crippen LogP contribution in [-0.4, -0.2) is 34.1 Å². The lowest BCUT2D eigenvalue weighted by Gasteiger charge is -2.33. The summed E-state index contributed by atoms with van der Waals surface area (Å²) >= 11 is 0. The monoisotopic (exact) mass is 372 g/mol. The number of hydrogen-bond acceptors (Lipinski definition) is 3. The molecule has 5 rings (SSSR count). The van der Waals surface area contributed by atoms with Gasteiger partial charge in [0.15, 0.2) is 0 Å². The highest BCUT2D eigenvalue weighted by Gasteiger charge is 2.27. The van der Waals surface area contributed by atoms with E-state index in [4.69, 9.17) is 4.98 Å². The molecule has 1 fully saturated rings. The largest absolute Gasteiger partial charge is 0.384 e. The molecule has 0 aliphatic carbocycles. The van der Waals surface area contributed by atoms with E-state index in [1.807, 2.05) is 0 Å². The van der Waals surface area contributed by atoms with Crippen molar-refractivity contribution >= 4 is 18.1 Å². The molecule has 0 bridgehead atoms. The number of nitrogens with zero attached hydrogens (tertiary/aromatic N) is 3. The zero-order valence-electron chi connectivity index (χ0n) is 15.4. The number of nitrogens with one attached hydrogen (secondary N) is 1. The summed E-state index contributed by atoms with van der Waals surface area (Å²) in [5.41, 5.74) is 5.83. The molecule has 3 aliphatic rings. The number of imidazole rings is 1. The fourth-order valence-corrected chi connectivity index (χ4v) is 4.98. The summed E-state index contributed by atoms with van der Waals surface area (Å²) in [5, 5.41) is 3.59. The molecule has 1 saturated heterocycles. The van der Waals surface area contributed by atoms with Gasteiger partial charge in [0.1, 0.15) is 5.82 Å². The van der Waals surface area contributed by atoms with Crippen molar-refractivity contribution in [1.29, 1.82) is 0 Å². The van der Waals surface area contributed by atoms with Crippen LogP contribution < -0.4 is 5.32 Å². The van der Waals surface area contributed by atoms with Gasteiger partial charge in [-0.1, -0.05) is 18.2 Å². The fourth-order valence-electron chi connectivity index (χ4n) is 4.98. The van der Waals surface area contributed by atoms with Gasteiger partial charge in [0.25, 0.3) is 0 Å². The number of hydrogen-bond donors (Lipinski definition) is 1. The van der Waals surface area contributed by atoms with E-state index < -0.39 is 0 Å². The van der Waals surface area contributed by atoms with Crippen molar-refractivity contribution in [2.75, 3.05) is 25.0 Å². The van der Waals surface area contributed by atoms with Crippen molar-refractivity contribution in [3.63, 3.8) is 0 Å². The highest BCUT2D eigenvalue weighted by Crippen LogP contribution is 2.32. The summed E-state index contributed by atoms with van der Waals surface area (Å²) in [5.74, 6) is 1.96. The van der Waals surface area contributed by atoms with Gasteiger partial charge in [-0.3, -0.25) is 4.90 Å². The van der Waals surface area contributed by atoms with Crippen LogP contribution in [0.25, 0.3) is 0 Å². The Kier molecular flexibility index (Phi) is 5.23. The highest BCUT2D eigenvalue weighted by molar-refractivity contribution is 5.85. The summed E-state index contributed by atoms with van der Waals surface area (Å²) in [6, 6.07) is 6.81. The Morgan fingerprint density at radius 3 is 3.04 bits per heavy atom. The maximum atomic E-state index is 4.84. The minimum absolute atomic E-state index is 0. The van der Waals surface area contributed by atoms with Crippen molar-refractivity contribution in [3.8, 4) is 0 Å². The molecular weight excluding hydrogens is 344 g/mol. The van der Waals surface area contributed by atoms with Crippen LogP contribution in [0, 0.1) is 0 Å². The standard InChI is InChI=1S/C21H28N4.ClH/c1-2-12-25-19(8-1)13-23-21(25)18-7-4-11-24(15-18)14-17-6-3-5-16-9-10-22-20(16)17;/h3,5-6,13,18,22H,1-2,4,7-12,14-15H2;1H. The first kappa shape index (κ1) is 17.9. The van der Waals surface area contributed by atoms with Gasteiger partial charge in [-0.15, -0.1) is 12.4 Å². The molecule has 140 valence electrons. The third kappa shape index (κ3) is 3.25. The van der Waals surface area contributed by atoms with E-state index >= 15 is 0 Å². The third-order valence-electron chi connectivity index (χ3n) is 6.23. The number of anilines is 1. The lowest BCUT2D eigenvalue weighted by molar-refractivity contribution is 0.194. The number of fused-ring (bicyclic) bond motifs is 2. The molecule has 0 spiro atoms. The third-order valence-corrected chi connectivity index (χ3v) is 6.23. The number of para-hydroxylation sites is 1. The van der Waals surface area contributed by atoms with Crippen LogP contribution >= 0.6 is 12.4 Å². The van der Waals surface area contributed by atoms with Gasteiger partial charge in [0.05, 0.1) is 0 Å². The average Bonchev–Trinajstić information content (AvgIpc) is 3.29. The van der Waals surface area contributed by atoms with Crippen LogP contribution in [0.5, 0.6) is 0 Å². The Balaban J connectivity index is 0.00000168. The summed E-state index contributed by atoms with van der Waals surface area (Å²) < 4.78 is 2.53. The second-order valence-corrected chi connectivity index (χ2v) is 7.92. The number of rotatable bonds is 3. The predicted molar refractivity (Wildman–Crippen MR) is 108 cm³/mol. The van der Waals surface area contributed by atoms with E-state index in [1.54, 1.807) is 0 Å². The van der Waals surface area contributed by atoms with Gasteiger partial charge < -0.3 is 9.88 Å². The molecule has 4 nitrogen and oxygen atoms in total. The fraction of sp³-hybridized carbons (Fsp3) is 0.571. The Morgan fingerprint density at radius 2 is 2.08 bits per heavy atom. The lowest BCUT2D eigenvalue weighted by atomic mass is 9.96. The number of halogens is 1. The maximum absolute atomic E-state index is 4.84. The first-order valence-electron chi connectivity index (χ1n) is 10.00. The molecule has 1 aromatic carbocycles. The predicted octanol–water partition coefficient (Wildman–Crippen LogP) is 3.99. The maximum Gasteiger partial charge on any atom is 0.113 e. The summed E-state index contributed by atoms with van der Waals surface area (Å²) in [4.78, 5) is 7.49. The first-order chi connectivity index (χ1) is 12.4. The number of benzene rings is 1. The second-order valence-electron chi connectivity index (χ2n) is 7.92. The zero-order valence-corrected chi connectivity index (χ0v) is 16.2. The Labute approximate surface area is 162 Å². The van der Waals surface area contributed by atoms with Gasteiger partial charge >= 0.3 is 0 Å². The van der Waals surface area contributed by atoms with E-state index in [-0.39, 0.29) is 12.4 Å². The smallest absolute Gasteiger partial charge is 0.113 e. The van der Waals surface area contributed by atoms with E-state index in [0.717, 1.165) is 19.6 Å². The lowest BCUT2D eigenvalue weighted by Crippen LogP contribution is -2.35. The number of likely N-dealkylation sites (tertiary alicyclic amines) is 1. The summed E-state index contributed by atoms with van der Waals surface area (Å²) in [6.45, 7) is 5.71. The van der Waals surface area contributed by atoms with E-state index in [1.165, 1.54) is 79.9 Å². The van der Waals surface area contributed by atoms with Crippen LogP contribution in [0.1, 0.15) is 54.2 Å². The number of aryl methyl sites for hydroxylation is 1. The molecule has 0 amide bonds. The van der Waals surface area contributed by atoms with Crippen LogP contribution in [0.4, 0.5) is 5.69 Å². The molecule has 1 unspecified atom stereocenters. The van der Waals surface area contributed by atoms with Gasteiger partial charge in [-0.2, -0.15) is 0 Å². The van der Waals surface area contributed by atoms with Crippen LogP contribution in [0.3, 0.4) is 0 Å². The van der Waals surface area contributed by atoms with Crippen molar-refractivity contribution in [1.82, 2.24) is 14.5 Å². The molecule has 1 atom stereocenters. The van der Waals surface area contributed by atoms with Crippen molar-refractivity contribution in [2.24, 2.45) is 0 Å². The minimum Gasteiger partial charge on any atom is -0.384 e. The molecule has 1 N–H and O–H groups in total. The molecule has 5 heteroatoms. The van der Waals surface area contributed by atoms with Gasteiger partial charge in [0.2, 0.25) is 0 Å². The van der Waals surface area contributed by atoms with Gasteiger partial charge in [0, 0.05) is 49.7 Å². The minimum atomic E-state index is 0. The van der Waals surface area contributed by atoms with Crippen molar-refractivity contribution in [3.05, 3.63) is 47.0 Å². The Morgan fingerprint density at radius 1 is 1.12 bits per heavy atom. The topological polar surface area (TPSA) is 33.1 Å². The van der Waals surface area contributed by atoms with Crippen LogP contribution in [0.15, 0.2) is 24.4 Å². The average molecular weight is 373 g/mol. The summed E-state index contributed by atoms with van der Waals surface area (Å²) in [7, 11) is 0. The Bertz CT molecular complexity index is 769. The SMILES string of the molecule is Cl.c1cc2c(c(CN3CCCC(c4ncc5n4CCCC5)C3)c1)NCC2. The van der Waals surface area contributed by atoms with Crippen LogP contribution in [-0.2, 0) is 25.9 Å². The second kappa shape index (κ2) is 7.61. The number of piperidine rings is 1. The van der Waals surface area contributed by atoms with E-state index in [2.05, 4.69) is 39.2 Å². The number of aromatic nitrogens is 2.